The third-order valence-corrected chi connectivity index (χ3v) is 2.51. The first kappa shape index (κ1) is 10.4. The Morgan fingerprint density at radius 3 is 2.75 bits per heavy atom. The first-order chi connectivity index (χ1) is 7.70. The Labute approximate surface area is 93.2 Å². The van der Waals surface area contributed by atoms with E-state index in [2.05, 4.69) is 17.2 Å². The molecule has 0 fully saturated rings. The minimum Gasteiger partial charge on any atom is -0.411 e. The van der Waals surface area contributed by atoms with Crippen LogP contribution in [-0.2, 0) is 0 Å². The molecule has 0 atom stereocenters. The van der Waals surface area contributed by atoms with E-state index in [1.165, 1.54) is 17.3 Å². The number of rotatable bonds is 2. The summed E-state index contributed by atoms with van der Waals surface area (Å²) in [6, 6.07) is 7.77. The van der Waals surface area contributed by atoms with Crippen LogP contribution in [0.5, 0.6) is 0 Å². The van der Waals surface area contributed by atoms with Gasteiger partial charge in [-0.1, -0.05) is 22.4 Å². The Morgan fingerprint density at radius 2 is 2.06 bits per heavy atom. The molecule has 1 aromatic heterocycles. The number of aromatic nitrogens is 1. The molecule has 0 radical (unpaired) electrons. The van der Waals surface area contributed by atoms with Gasteiger partial charge in [-0.3, -0.25) is 0 Å². The van der Waals surface area contributed by atoms with E-state index in [4.69, 9.17) is 9.73 Å². The Bertz CT molecular complexity index is 530. The maximum absolute atomic E-state index is 8.37. The van der Waals surface area contributed by atoms with Crippen LogP contribution >= 0.6 is 0 Å². The van der Waals surface area contributed by atoms with Gasteiger partial charge in [0, 0.05) is 11.6 Å². The first-order valence-corrected chi connectivity index (χ1v) is 4.92. The molecule has 0 saturated carbocycles. The second kappa shape index (κ2) is 4.18. The Hall–Kier alpha value is -2.10. The van der Waals surface area contributed by atoms with E-state index in [0.717, 1.165) is 5.56 Å². The lowest BCUT2D eigenvalue weighted by atomic mass is 10.0. The average Bonchev–Trinajstić information content (AvgIpc) is 2.71. The number of oxime groups is 1. The van der Waals surface area contributed by atoms with Crippen LogP contribution in [0.2, 0.25) is 0 Å². The Kier molecular flexibility index (Phi) is 2.72. The van der Waals surface area contributed by atoms with Crippen molar-refractivity contribution >= 4 is 6.21 Å². The number of hydrogen-bond donors (Lipinski definition) is 1. The topological polar surface area (TPSA) is 58.6 Å². The van der Waals surface area contributed by atoms with Gasteiger partial charge >= 0.3 is 0 Å². The van der Waals surface area contributed by atoms with Crippen LogP contribution in [0, 0.1) is 13.8 Å². The van der Waals surface area contributed by atoms with Gasteiger partial charge in [-0.25, -0.2) is 0 Å². The van der Waals surface area contributed by atoms with Crippen molar-refractivity contribution in [3.63, 3.8) is 0 Å². The van der Waals surface area contributed by atoms with Crippen molar-refractivity contribution in [3.05, 3.63) is 41.1 Å². The normalized spacial score (nSPS) is 11.1. The van der Waals surface area contributed by atoms with Crippen LogP contribution in [0.15, 0.2) is 33.9 Å². The molecule has 1 heterocycles. The standard InChI is InChI=1S/C12H12N2O2/c1-8-3-4-10(5-9(8)2)12-6-11(7-13-15)14-16-12/h3-7,15H,1-2H3. The maximum Gasteiger partial charge on any atom is 0.167 e. The second-order valence-corrected chi connectivity index (χ2v) is 3.66. The first-order valence-electron chi connectivity index (χ1n) is 4.92. The van der Waals surface area contributed by atoms with Crippen molar-refractivity contribution in [3.8, 4) is 11.3 Å². The van der Waals surface area contributed by atoms with E-state index in [9.17, 15) is 0 Å². The Balaban J connectivity index is 2.38. The molecule has 1 N–H and O–H groups in total. The van der Waals surface area contributed by atoms with Gasteiger partial charge in [0.1, 0.15) is 5.69 Å². The summed E-state index contributed by atoms with van der Waals surface area (Å²) in [5, 5.41) is 15.0. The molecule has 4 heteroatoms. The van der Waals surface area contributed by atoms with Gasteiger partial charge in [-0.05, 0) is 31.0 Å². The average molecular weight is 216 g/mol. The highest BCUT2D eigenvalue weighted by atomic mass is 16.5. The van der Waals surface area contributed by atoms with Crippen LogP contribution in [-0.4, -0.2) is 16.6 Å². The van der Waals surface area contributed by atoms with E-state index >= 15 is 0 Å². The molecular weight excluding hydrogens is 204 g/mol. The lowest BCUT2D eigenvalue weighted by Gasteiger charge is -2.01. The Morgan fingerprint density at radius 1 is 1.25 bits per heavy atom. The molecule has 0 spiro atoms. The molecule has 0 amide bonds. The van der Waals surface area contributed by atoms with Crippen molar-refractivity contribution in [1.29, 1.82) is 0 Å². The van der Waals surface area contributed by atoms with E-state index in [0.29, 0.717) is 11.5 Å². The van der Waals surface area contributed by atoms with E-state index in [1.807, 2.05) is 25.1 Å². The largest absolute Gasteiger partial charge is 0.411 e. The van der Waals surface area contributed by atoms with Crippen LogP contribution in [0.3, 0.4) is 0 Å². The molecule has 0 saturated heterocycles. The van der Waals surface area contributed by atoms with Crippen molar-refractivity contribution in [2.75, 3.05) is 0 Å². The molecule has 2 rings (SSSR count). The lowest BCUT2D eigenvalue weighted by molar-refractivity contribution is 0.321. The summed E-state index contributed by atoms with van der Waals surface area (Å²) >= 11 is 0. The maximum atomic E-state index is 8.37. The SMILES string of the molecule is Cc1ccc(-c2cc(C=NO)no2)cc1C. The zero-order valence-corrected chi connectivity index (χ0v) is 9.14. The minimum absolute atomic E-state index is 0.496. The summed E-state index contributed by atoms with van der Waals surface area (Å²) in [5.41, 5.74) is 3.90. The quantitative estimate of drug-likeness (QED) is 0.477. The number of hydrogen-bond acceptors (Lipinski definition) is 4. The van der Waals surface area contributed by atoms with Crippen molar-refractivity contribution < 1.29 is 9.73 Å². The summed E-state index contributed by atoms with van der Waals surface area (Å²) in [7, 11) is 0. The van der Waals surface area contributed by atoms with Crippen LogP contribution in [0.1, 0.15) is 16.8 Å². The smallest absolute Gasteiger partial charge is 0.167 e. The van der Waals surface area contributed by atoms with Crippen molar-refractivity contribution in [1.82, 2.24) is 5.16 Å². The predicted octanol–water partition coefficient (Wildman–Crippen LogP) is 2.77. The molecule has 16 heavy (non-hydrogen) atoms. The highest BCUT2D eigenvalue weighted by molar-refractivity contribution is 5.78. The van der Waals surface area contributed by atoms with E-state index < -0.39 is 0 Å². The zero-order valence-electron chi connectivity index (χ0n) is 9.14. The predicted molar refractivity (Wildman–Crippen MR) is 60.8 cm³/mol. The monoisotopic (exact) mass is 216 g/mol. The number of aryl methyl sites for hydroxylation is 2. The van der Waals surface area contributed by atoms with Gasteiger partial charge in [-0.15, -0.1) is 0 Å². The molecule has 1 aromatic carbocycles. The highest BCUT2D eigenvalue weighted by Gasteiger charge is 2.06. The van der Waals surface area contributed by atoms with Gasteiger partial charge in [0.15, 0.2) is 5.76 Å². The summed E-state index contributed by atoms with van der Waals surface area (Å²) in [6.45, 7) is 4.11. The van der Waals surface area contributed by atoms with Crippen LogP contribution in [0.4, 0.5) is 0 Å². The van der Waals surface area contributed by atoms with Crippen molar-refractivity contribution in [2.24, 2.45) is 5.16 Å². The molecule has 0 aliphatic heterocycles. The fourth-order valence-electron chi connectivity index (χ4n) is 1.44. The summed E-state index contributed by atoms with van der Waals surface area (Å²) in [4.78, 5) is 0. The van der Waals surface area contributed by atoms with Gasteiger partial charge in [0.2, 0.25) is 0 Å². The second-order valence-electron chi connectivity index (χ2n) is 3.66. The molecule has 2 aromatic rings. The minimum atomic E-state index is 0.496. The fraction of sp³-hybridized carbons (Fsp3) is 0.167. The zero-order chi connectivity index (χ0) is 11.5. The van der Waals surface area contributed by atoms with Gasteiger partial charge in [-0.2, -0.15) is 0 Å². The summed E-state index contributed by atoms with van der Waals surface area (Å²) < 4.78 is 5.15. The van der Waals surface area contributed by atoms with Crippen LogP contribution < -0.4 is 0 Å². The van der Waals surface area contributed by atoms with Gasteiger partial charge in [0.05, 0.1) is 6.21 Å². The van der Waals surface area contributed by atoms with Gasteiger partial charge < -0.3 is 9.73 Å². The van der Waals surface area contributed by atoms with Crippen LogP contribution in [0.25, 0.3) is 11.3 Å². The lowest BCUT2D eigenvalue weighted by Crippen LogP contribution is -1.81. The molecule has 0 bridgehead atoms. The number of nitrogens with zero attached hydrogens (tertiary/aromatic N) is 2. The molecule has 82 valence electrons. The summed E-state index contributed by atoms with van der Waals surface area (Å²) in [5.74, 6) is 0.665. The van der Waals surface area contributed by atoms with Crippen molar-refractivity contribution in [2.45, 2.75) is 13.8 Å². The molecule has 4 nitrogen and oxygen atoms in total. The molecular formula is C12H12N2O2. The van der Waals surface area contributed by atoms with Gasteiger partial charge in [0.25, 0.3) is 0 Å². The summed E-state index contributed by atoms with van der Waals surface area (Å²) in [6.07, 6.45) is 1.23. The molecule has 0 aliphatic carbocycles. The third kappa shape index (κ3) is 1.95. The highest BCUT2D eigenvalue weighted by Crippen LogP contribution is 2.22. The fourth-order valence-corrected chi connectivity index (χ4v) is 1.44. The third-order valence-electron chi connectivity index (χ3n) is 2.51. The molecule has 0 unspecified atom stereocenters. The molecule has 0 aliphatic rings. The number of benzene rings is 1. The van der Waals surface area contributed by atoms with E-state index in [-0.39, 0.29) is 0 Å². The van der Waals surface area contributed by atoms with E-state index in [1.54, 1.807) is 6.07 Å².